The second-order valence-corrected chi connectivity index (χ2v) is 7.13. The molecule has 0 aliphatic heterocycles. The van der Waals surface area contributed by atoms with Crippen molar-refractivity contribution >= 4 is 23.6 Å². The summed E-state index contributed by atoms with van der Waals surface area (Å²) in [6, 6.07) is 20.8. The number of nitrogens with one attached hydrogen (secondary N) is 1. The van der Waals surface area contributed by atoms with Crippen molar-refractivity contribution in [3.63, 3.8) is 0 Å². The van der Waals surface area contributed by atoms with Crippen LogP contribution in [0.25, 0.3) is 6.08 Å². The Hall–Kier alpha value is -4.37. The van der Waals surface area contributed by atoms with Crippen LogP contribution in [-0.2, 0) is 4.79 Å². The van der Waals surface area contributed by atoms with E-state index in [1.165, 1.54) is 6.08 Å². The second-order valence-electron chi connectivity index (χ2n) is 7.13. The number of benzene rings is 3. The van der Waals surface area contributed by atoms with E-state index < -0.39 is 11.9 Å². The second kappa shape index (κ2) is 10.1. The summed E-state index contributed by atoms with van der Waals surface area (Å²) in [5.41, 5.74) is 3.41. The Balaban J connectivity index is 1.76. The van der Waals surface area contributed by atoms with E-state index in [4.69, 9.17) is 9.47 Å². The van der Waals surface area contributed by atoms with E-state index in [2.05, 4.69) is 5.32 Å². The van der Waals surface area contributed by atoms with Gasteiger partial charge in [-0.25, -0.2) is 4.79 Å². The molecule has 0 aliphatic carbocycles. The fraction of sp³-hybridized carbons (Fsp3) is 0.115. The van der Waals surface area contributed by atoms with Crippen molar-refractivity contribution in [3.05, 3.63) is 94.6 Å². The molecule has 3 aromatic rings. The van der Waals surface area contributed by atoms with Gasteiger partial charge >= 0.3 is 5.97 Å². The Morgan fingerprint density at radius 1 is 0.969 bits per heavy atom. The summed E-state index contributed by atoms with van der Waals surface area (Å²) in [6.45, 7) is 3.81. The van der Waals surface area contributed by atoms with Gasteiger partial charge in [-0.3, -0.25) is 4.79 Å². The first kappa shape index (κ1) is 22.3. The van der Waals surface area contributed by atoms with Gasteiger partial charge in [-0.15, -0.1) is 0 Å². The number of amides is 1. The van der Waals surface area contributed by atoms with Gasteiger partial charge in [0.25, 0.3) is 5.91 Å². The normalized spacial score (nSPS) is 10.8. The van der Waals surface area contributed by atoms with E-state index in [-0.39, 0.29) is 5.57 Å². The Labute approximate surface area is 186 Å². The summed E-state index contributed by atoms with van der Waals surface area (Å²) in [6.07, 6.45) is 1.45. The number of nitrogens with zero attached hydrogens (tertiary/aromatic N) is 1. The Morgan fingerprint density at radius 3 is 2.41 bits per heavy atom. The Bertz CT molecular complexity index is 1220. The van der Waals surface area contributed by atoms with Crippen molar-refractivity contribution in [2.75, 3.05) is 12.4 Å². The lowest BCUT2D eigenvalue weighted by Gasteiger charge is -2.09. The average molecular weight is 426 g/mol. The van der Waals surface area contributed by atoms with Crippen LogP contribution in [0.15, 0.2) is 72.3 Å². The monoisotopic (exact) mass is 426 g/mol. The highest BCUT2D eigenvalue weighted by Gasteiger charge is 2.12. The number of carbonyl (C=O) groups is 2. The lowest BCUT2D eigenvalue weighted by molar-refractivity contribution is -0.112. The molecule has 0 fully saturated rings. The number of nitriles is 1. The summed E-state index contributed by atoms with van der Waals surface area (Å²) in [4.78, 5) is 25.0. The van der Waals surface area contributed by atoms with Crippen molar-refractivity contribution < 1.29 is 19.1 Å². The van der Waals surface area contributed by atoms with Crippen molar-refractivity contribution in [1.82, 2.24) is 0 Å². The van der Waals surface area contributed by atoms with Crippen LogP contribution in [0.5, 0.6) is 11.5 Å². The number of anilines is 1. The molecule has 160 valence electrons. The Morgan fingerprint density at radius 2 is 1.72 bits per heavy atom. The molecule has 0 aromatic heterocycles. The number of carbonyl (C=O) groups excluding carboxylic acids is 2. The van der Waals surface area contributed by atoms with Gasteiger partial charge in [0.2, 0.25) is 0 Å². The first-order valence-corrected chi connectivity index (χ1v) is 9.86. The van der Waals surface area contributed by atoms with E-state index in [0.717, 1.165) is 11.1 Å². The molecule has 0 bridgehead atoms. The standard InChI is InChI=1S/C26H22N2O4/c1-17-7-8-18(2)24(13-17)28-25(29)21(16-27)14-19-5-4-6-23(15-19)32-26(30)20-9-11-22(31-3)12-10-20/h4-15H,1-3H3,(H,28,29). The highest BCUT2D eigenvalue weighted by atomic mass is 16.5. The van der Waals surface area contributed by atoms with Crippen molar-refractivity contribution in [1.29, 1.82) is 5.26 Å². The number of esters is 1. The molecule has 0 saturated heterocycles. The van der Waals surface area contributed by atoms with Crippen LogP contribution < -0.4 is 14.8 Å². The molecule has 32 heavy (non-hydrogen) atoms. The van der Waals surface area contributed by atoms with Gasteiger partial charge in [0, 0.05) is 5.69 Å². The lowest BCUT2D eigenvalue weighted by Crippen LogP contribution is -2.14. The zero-order valence-electron chi connectivity index (χ0n) is 18.0. The van der Waals surface area contributed by atoms with Crippen LogP contribution >= 0.6 is 0 Å². The molecule has 0 atom stereocenters. The molecule has 6 heteroatoms. The zero-order valence-corrected chi connectivity index (χ0v) is 18.0. The van der Waals surface area contributed by atoms with Crippen molar-refractivity contribution in [2.45, 2.75) is 13.8 Å². The molecule has 3 rings (SSSR count). The predicted octanol–water partition coefficient (Wildman–Crippen LogP) is 5.08. The number of ether oxygens (including phenoxy) is 2. The molecule has 3 aromatic carbocycles. The SMILES string of the molecule is COc1ccc(C(=O)Oc2cccc(C=C(C#N)C(=O)Nc3cc(C)ccc3C)c2)cc1. The number of aryl methyl sites for hydroxylation is 2. The van der Waals surface area contributed by atoms with Gasteiger partial charge in [-0.2, -0.15) is 5.26 Å². The molecule has 0 radical (unpaired) electrons. The molecule has 0 heterocycles. The van der Waals surface area contributed by atoms with Gasteiger partial charge < -0.3 is 14.8 Å². The van der Waals surface area contributed by atoms with E-state index in [1.807, 2.05) is 38.1 Å². The predicted molar refractivity (Wildman–Crippen MR) is 123 cm³/mol. The van der Waals surface area contributed by atoms with Crippen LogP contribution in [0.1, 0.15) is 27.0 Å². The molecule has 0 spiro atoms. The fourth-order valence-corrected chi connectivity index (χ4v) is 2.94. The molecule has 0 aliphatic rings. The van der Waals surface area contributed by atoms with Crippen LogP contribution in [0.3, 0.4) is 0 Å². The smallest absolute Gasteiger partial charge is 0.343 e. The molecular weight excluding hydrogens is 404 g/mol. The maximum absolute atomic E-state index is 12.6. The summed E-state index contributed by atoms with van der Waals surface area (Å²) in [7, 11) is 1.55. The number of rotatable bonds is 6. The molecule has 1 amide bonds. The van der Waals surface area contributed by atoms with E-state index >= 15 is 0 Å². The van der Waals surface area contributed by atoms with Crippen molar-refractivity contribution in [3.8, 4) is 17.6 Å². The van der Waals surface area contributed by atoms with E-state index in [1.54, 1.807) is 55.6 Å². The van der Waals surface area contributed by atoms with Gasteiger partial charge in [-0.1, -0.05) is 24.3 Å². The third kappa shape index (κ3) is 5.61. The minimum atomic E-state index is -0.526. The van der Waals surface area contributed by atoms with E-state index in [0.29, 0.717) is 28.3 Å². The minimum Gasteiger partial charge on any atom is -0.497 e. The molecule has 0 saturated carbocycles. The molecule has 6 nitrogen and oxygen atoms in total. The topological polar surface area (TPSA) is 88.4 Å². The molecular formula is C26H22N2O4. The Kier molecular flexibility index (Phi) is 7.04. The van der Waals surface area contributed by atoms with Gasteiger partial charge in [0.1, 0.15) is 23.1 Å². The highest BCUT2D eigenvalue weighted by molar-refractivity contribution is 6.10. The highest BCUT2D eigenvalue weighted by Crippen LogP contribution is 2.20. The number of hydrogen-bond acceptors (Lipinski definition) is 5. The van der Waals surface area contributed by atoms with E-state index in [9.17, 15) is 14.9 Å². The summed E-state index contributed by atoms with van der Waals surface area (Å²) < 4.78 is 10.5. The van der Waals surface area contributed by atoms with Gasteiger partial charge in [-0.05, 0) is 79.1 Å². The first-order chi connectivity index (χ1) is 15.4. The average Bonchev–Trinajstić information content (AvgIpc) is 2.80. The van der Waals surface area contributed by atoms with Crippen molar-refractivity contribution in [2.24, 2.45) is 0 Å². The largest absolute Gasteiger partial charge is 0.497 e. The molecule has 1 N–H and O–H groups in total. The fourth-order valence-electron chi connectivity index (χ4n) is 2.94. The van der Waals surface area contributed by atoms with Gasteiger partial charge in [0.15, 0.2) is 0 Å². The van der Waals surface area contributed by atoms with Crippen LogP contribution in [0.2, 0.25) is 0 Å². The minimum absolute atomic E-state index is 0.0652. The van der Waals surface area contributed by atoms with Crippen LogP contribution in [0, 0.1) is 25.2 Å². The van der Waals surface area contributed by atoms with Crippen LogP contribution in [0.4, 0.5) is 5.69 Å². The maximum atomic E-state index is 12.6. The van der Waals surface area contributed by atoms with Crippen LogP contribution in [-0.4, -0.2) is 19.0 Å². The first-order valence-electron chi connectivity index (χ1n) is 9.86. The maximum Gasteiger partial charge on any atom is 0.343 e. The quantitative estimate of drug-likeness (QED) is 0.257. The zero-order chi connectivity index (χ0) is 23.1. The molecule has 0 unspecified atom stereocenters. The number of methoxy groups -OCH3 is 1. The number of hydrogen-bond donors (Lipinski definition) is 1. The summed E-state index contributed by atoms with van der Waals surface area (Å²) in [5, 5.41) is 12.3. The summed E-state index contributed by atoms with van der Waals surface area (Å²) >= 11 is 0. The third-order valence-corrected chi connectivity index (χ3v) is 4.71. The summed E-state index contributed by atoms with van der Waals surface area (Å²) in [5.74, 6) is -0.104. The van der Waals surface area contributed by atoms with Gasteiger partial charge in [0.05, 0.1) is 12.7 Å². The lowest BCUT2D eigenvalue weighted by atomic mass is 10.1. The third-order valence-electron chi connectivity index (χ3n) is 4.71.